The maximum absolute atomic E-state index is 11.7. The van der Waals surface area contributed by atoms with Crippen molar-refractivity contribution in [3.8, 4) is 5.75 Å². The molecule has 0 aromatic heterocycles. The highest BCUT2D eigenvalue weighted by atomic mass is 16.5. The highest BCUT2D eigenvalue weighted by molar-refractivity contribution is 5.93. The van der Waals surface area contributed by atoms with Crippen LogP contribution in [-0.4, -0.2) is 25.1 Å². The Bertz CT molecular complexity index is 655. The maximum Gasteiger partial charge on any atom is 0.309 e. The number of carbonyl (C=O) groups excluding carboxylic acids is 2. The lowest BCUT2D eigenvalue weighted by Crippen LogP contribution is -2.22. The van der Waals surface area contributed by atoms with Gasteiger partial charge in [0.25, 0.3) is 5.91 Å². The van der Waals surface area contributed by atoms with E-state index in [0.717, 1.165) is 5.56 Å². The molecule has 0 atom stereocenters. The molecule has 0 fully saturated rings. The zero-order valence-electron chi connectivity index (χ0n) is 13.0. The molecule has 2 rings (SSSR count). The Balaban J connectivity index is 1.66. The van der Waals surface area contributed by atoms with Crippen molar-refractivity contribution in [3.05, 3.63) is 60.2 Å². The predicted octanol–water partition coefficient (Wildman–Crippen LogP) is 2.95. The molecule has 5 heteroatoms. The van der Waals surface area contributed by atoms with Crippen LogP contribution in [0.15, 0.2) is 54.6 Å². The summed E-state index contributed by atoms with van der Waals surface area (Å²) in [4.78, 5) is 23.3. The summed E-state index contributed by atoms with van der Waals surface area (Å²) in [5.74, 6) is -0.143. The van der Waals surface area contributed by atoms with Crippen LogP contribution in [0.4, 0.5) is 5.69 Å². The molecule has 23 heavy (non-hydrogen) atoms. The van der Waals surface area contributed by atoms with Crippen molar-refractivity contribution >= 4 is 17.6 Å². The van der Waals surface area contributed by atoms with Crippen LogP contribution in [0, 0.1) is 6.92 Å². The van der Waals surface area contributed by atoms with Gasteiger partial charge in [0.05, 0.1) is 13.0 Å². The standard InChI is InChI=1S/C18H19NO4/c1-14-7-5-6-10-16(14)19-17(20)13-23-18(21)11-12-22-15-8-3-2-4-9-15/h2-10H,11-13H2,1H3,(H,19,20). The number of nitrogens with one attached hydrogen (secondary N) is 1. The Morgan fingerprint density at radius 3 is 2.43 bits per heavy atom. The largest absolute Gasteiger partial charge is 0.493 e. The third kappa shape index (κ3) is 5.82. The Hall–Kier alpha value is -2.82. The molecule has 0 radical (unpaired) electrons. The number of amides is 1. The first-order chi connectivity index (χ1) is 11.1. The number of aryl methyl sites for hydroxylation is 1. The van der Waals surface area contributed by atoms with Crippen LogP contribution in [0.25, 0.3) is 0 Å². The van der Waals surface area contributed by atoms with Crippen molar-refractivity contribution in [2.45, 2.75) is 13.3 Å². The van der Waals surface area contributed by atoms with Gasteiger partial charge >= 0.3 is 5.97 Å². The first-order valence-electron chi connectivity index (χ1n) is 7.34. The molecule has 2 aromatic carbocycles. The number of hydrogen-bond donors (Lipinski definition) is 1. The quantitative estimate of drug-likeness (QED) is 0.798. The van der Waals surface area contributed by atoms with E-state index in [1.54, 1.807) is 18.2 Å². The second kappa shape index (κ2) is 8.58. The van der Waals surface area contributed by atoms with Crippen molar-refractivity contribution in [3.63, 3.8) is 0 Å². The average Bonchev–Trinajstić information content (AvgIpc) is 2.56. The number of rotatable bonds is 7. The summed E-state index contributed by atoms with van der Waals surface area (Å²) < 4.78 is 10.3. The van der Waals surface area contributed by atoms with Crippen LogP contribution in [0.5, 0.6) is 5.75 Å². The van der Waals surface area contributed by atoms with E-state index >= 15 is 0 Å². The third-order valence-electron chi connectivity index (χ3n) is 3.10. The molecule has 0 spiro atoms. The van der Waals surface area contributed by atoms with Gasteiger partial charge in [0.15, 0.2) is 6.61 Å². The summed E-state index contributed by atoms with van der Waals surface area (Å²) in [5.41, 5.74) is 1.66. The molecule has 1 N–H and O–H groups in total. The summed E-state index contributed by atoms with van der Waals surface area (Å²) in [5, 5.41) is 2.70. The minimum absolute atomic E-state index is 0.0898. The zero-order valence-corrected chi connectivity index (χ0v) is 13.0. The summed E-state index contributed by atoms with van der Waals surface area (Å²) >= 11 is 0. The van der Waals surface area contributed by atoms with E-state index in [1.807, 2.05) is 43.3 Å². The van der Waals surface area contributed by atoms with E-state index in [4.69, 9.17) is 9.47 Å². The molecule has 0 aliphatic rings. The molecule has 0 aliphatic carbocycles. The lowest BCUT2D eigenvalue weighted by atomic mass is 10.2. The Morgan fingerprint density at radius 2 is 1.70 bits per heavy atom. The zero-order chi connectivity index (χ0) is 16.5. The highest BCUT2D eigenvalue weighted by Crippen LogP contribution is 2.12. The van der Waals surface area contributed by atoms with Gasteiger partial charge in [-0.05, 0) is 30.7 Å². The Morgan fingerprint density at radius 1 is 1.00 bits per heavy atom. The van der Waals surface area contributed by atoms with E-state index in [-0.39, 0.29) is 25.5 Å². The number of para-hydroxylation sites is 2. The number of esters is 1. The second-order valence-corrected chi connectivity index (χ2v) is 4.94. The number of hydrogen-bond acceptors (Lipinski definition) is 4. The van der Waals surface area contributed by atoms with Gasteiger partial charge in [-0.1, -0.05) is 36.4 Å². The minimum atomic E-state index is -0.471. The molecule has 5 nitrogen and oxygen atoms in total. The van der Waals surface area contributed by atoms with Crippen LogP contribution >= 0.6 is 0 Å². The predicted molar refractivity (Wildman–Crippen MR) is 87.3 cm³/mol. The molecule has 0 saturated carbocycles. The fourth-order valence-electron chi connectivity index (χ4n) is 1.89. The van der Waals surface area contributed by atoms with Gasteiger partial charge in [-0.3, -0.25) is 9.59 Å². The highest BCUT2D eigenvalue weighted by Gasteiger charge is 2.09. The van der Waals surface area contributed by atoms with Crippen LogP contribution in [0.1, 0.15) is 12.0 Å². The molecule has 0 aliphatic heterocycles. The van der Waals surface area contributed by atoms with Gasteiger partial charge in [-0.15, -0.1) is 0 Å². The van der Waals surface area contributed by atoms with Crippen molar-refractivity contribution in [1.82, 2.24) is 0 Å². The lowest BCUT2D eigenvalue weighted by molar-refractivity contribution is -0.147. The number of benzene rings is 2. The molecule has 1 amide bonds. The summed E-state index contributed by atoms with van der Waals surface area (Å²) in [7, 11) is 0. The van der Waals surface area contributed by atoms with Gasteiger partial charge in [0, 0.05) is 5.69 Å². The van der Waals surface area contributed by atoms with Gasteiger partial charge in [-0.25, -0.2) is 0 Å². The number of carbonyl (C=O) groups is 2. The summed E-state index contributed by atoms with van der Waals surface area (Å²) in [6, 6.07) is 16.6. The van der Waals surface area contributed by atoms with Crippen LogP contribution in [-0.2, 0) is 14.3 Å². The average molecular weight is 313 g/mol. The Kier molecular flexibility index (Phi) is 6.17. The molecular weight excluding hydrogens is 294 g/mol. The molecule has 0 heterocycles. The van der Waals surface area contributed by atoms with E-state index in [0.29, 0.717) is 11.4 Å². The van der Waals surface area contributed by atoms with E-state index in [1.165, 1.54) is 0 Å². The fraction of sp³-hybridized carbons (Fsp3) is 0.222. The van der Waals surface area contributed by atoms with Gasteiger partial charge < -0.3 is 14.8 Å². The molecule has 0 bridgehead atoms. The molecule has 120 valence electrons. The van der Waals surface area contributed by atoms with E-state index < -0.39 is 5.97 Å². The first kappa shape index (κ1) is 16.5. The maximum atomic E-state index is 11.7. The first-order valence-corrected chi connectivity index (χ1v) is 7.34. The third-order valence-corrected chi connectivity index (χ3v) is 3.10. The Labute approximate surface area is 135 Å². The van der Waals surface area contributed by atoms with Crippen LogP contribution < -0.4 is 10.1 Å². The van der Waals surface area contributed by atoms with Crippen LogP contribution in [0.2, 0.25) is 0 Å². The number of ether oxygens (including phenoxy) is 2. The molecule has 2 aromatic rings. The van der Waals surface area contributed by atoms with Crippen molar-refractivity contribution in [1.29, 1.82) is 0 Å². The molecule has 0 saturated heterocycles. The summed E-state index contributed by atoms with van der Waals surface area (Å²) in [6.07, 6.45) is 0.0898. The normalized spacial score (nSPS) is 9.96. The molecular formula is C18H19NO4. The SMILES string of the molecule is Cc1ccccc1NC(=O)COC(=O)CCOc1ccccc1. The lowest BCUT2D eigenvalue weighted by Gasteiger charge is -2.09. The summed E-state index contributed by atoms with van der Waals surface area (Å²) in [6.45, 7) is 1.79. The monoisotopic (exact) mass is 313 g/mol. The van der Waals surface area contributed by atoms with Crippen molar-refractivity contribution in [2.75, 3.05) is 18.5 Å². The minimum Gasteiger partial charge on any atom is -0.493 e. The fourth-order valence-corrected chi connectivity index (χ4v) is 1.89. The second-order valence-electron chi connectivity index (χ2n) is 4.94. The van der Waals surface area contributed by atoms with Crippen molar-refractivity contribution in [2.24, 2.45) is 0 Å². The van der Waals surface area contributed by atoms with E-state index in [9.17, 15) is 9.59 Å². The van der Waals surface area contributed by atoms with Gasteiger partial charge in [0.2, 0.25) is 0 Å². The smallest absolute Gasteiger partial charge is 0.309 e. The van der Waals surface area contributed by atoms with Gasteiger partial charge in [0.1, 0.15) is 5.75 Å². The van der Waals surface area contributed by atoms with Crippen LogP contribution in [0.3, 0.4) is 0 Å². The number of anilines is 1. The van der Waals surface area contributed by atoms with Crippen molar-refractivity contribution < 1.29 is 19.1 Å². The molecule has 0 unspecified atom stereocenters. The van der Waals surface area contributed by atoms with Gasteiger partial charge in [-0.2, -0.15) is 0 Å². The topological polar surface area (TPSA) is 64.6 Å². The van der Waals surface area contributed by atoms with E-state index in [2.05, 4.69) is 5.32 Å².